The van der Waals surface area contributed by atoms with Gasteiger partial charge in [-0.3, -0.25) is 4.79 Å². The maximum atomic E-state index is 11.5. The van der Waals surface area contributed by atoms with Crippen molar-refractivity contribution < 1.29 is 14.3 Å². The lowest BCUT2D eigenvalue weighted by atomic mass is 9.62. The molecule has 3 fully saturated rings. The van der Waals surface area contributed by atoms with Gasteiger partial charge in [0, 0.05) is 6.42 Å². The number of para-hydroxylation sites is 1. The summed E-state index contributed by atoms with van der Waals surface area (Å²) in [6.07, 6.45) is 6.31. The summed E-state index contributed by atoms with van der Waals surface area (Å²) in [6, 6.07) is 18.1. The van der Waals surface area contributed by atoms with E-state index >= 15 is 0 Å². The summed E-state index contributed by atoms with van der Waals surface area (Å²) in [5.41, 5.74) is 1.06. The minimum atomic E-state index is -0.233. The van der Waals surface area contributed by atoms with Crippen molar-refractivity contribution in [3.63, 3.8) is 0 Å². The molecule has 5 rings (SSSR count). The van der Waals surface area contributed by atoms with Gasteiger partial charge in [0.05, 0.1) is 18.4 Å². The molecule has 2 aromatic carbocycles. The first kappa shape index (κ1) is 17.9. The molecule has 2 heterocycles. The lowest BCUT2D eigenvalue weighted by Gasteiger charge is -2.53. The number of hydrogen-bond donors (Lipinski definition) is 1. The Balaban J connectivity index is 1.47. The molecule has 1 aliphatic carbocycles. The van der Waals surface area contributed by atoms with Crippen LogP contribution in [0.1, 0.15) is 44.1 Å². The molecule has 2 aromatic rings. The Morgan fingerprint density at radius 3 is 2.44 bits per heavy atom. The monoisotopic (exact) mass is 363 g/mol. The largest absolute Gasteiger partial charge is 0.457 e. The van der Waals surface area contributed by atoms with Crippen molar-refractivity contribution in [1.29, 1.82) is 5.41 Å². The first-order valence-electron chi connectivity index (χ1n) is 9.64. The van der Waals surface area contributed by atoms with Gasteiger partial charge in [-0.05, 0) is 67.3 Å². The number of carbonyl (C=O) groups is 1. The fraction of sp³-hybridized carbons (Fsp3) is 0.391. The van der Waals surface area contributed by atoms with E-state index in [4.69, 9.17) is 14.9 Å². The second-order valence-electron chi connectivity index (χ2n) is 7.84. The molecule has 27 heavy (non-hydrogen) atoms. The third-order valence-corrected chi connectivity index (χ3v) is 6.17. The Hall–Kier alpha value is -2.46. The molecular formula is C23H25NO3. The third-order valence-electron chi connectivity index (χ3n) is 6.17. The molecule has 4 nitrogen and oxygen atoms in total. The summed E-state index contributed by atoms with van der Waals surface area (Å²) < 4.78 is 12.4. The van der Waals surface area contributed by atoms with Crippen LogP contribution < -0.4 is 4.74 Å². The number of benzene rings is 2. The van der Waals surface area contributed by atoms with E-state index in [1.165, 1.54) is 5.56 Å². The maximum Gasteiger partial charge on any atom is 0.173 e. The Morgan fingerprint density at radius 2 is 1.78 bits per heavy atom. The van der Waals surface area contributed by atoms with E-state index in [1.54, 1.807) is 0 Å². The summed E-state index contributed by atoms with van der Waals surface area (Å²) in [5.74, 6) is 1.57. The standard InChI is InChI=1S/C23H25NO3/c24-16-19(25)9-10-22-11-13-23(14-12-22,26-17-22)18-5-4-8-21(15-18)27-20-6-2-1-3-7-20/h1-8,15-16,24H,9-14,17H2. The first-order chi connectivity index (χ1) is 13.1. The predicted molar refractivity (Wildman–Crippen MR) is 105 cm³/mol. The molecule has 0 amide bonds. The van der Waals surface area contributed by atoms with Crippen LogP contribution in [0.2, 0.25) is 0 Å². The second-order valence-corrected chi connectivity index (χ2v) is 7.84. The molecule has 2 aliphatic heterocycles. The van der Waals surface area contributed by atoms with Crippen molar-refractivity contribution in [2.75, 3.05) is 6.61 Å². The molecule has 2 bridgehead atoms. The molecule has 140 valence electrons. The van der Waals surface area contributed by atoms with Gasteiger partial charge in [-0.1, -0.05) is 30.3 Å². The van der Waals surface area contributed by atoms with Crippen LogP contribution in [0, 0.1) is 10.8 Å². The van der Waals surface area contributed by atoms with Gasteiger partial charge in [-0.15, -0.1) is 0 Å². The van der Waals surface area contributed by atoms with Crippen molar-refractivity contribution in [3.8, 4) is 11.5 Å². The fourth-order valence-corrected chi connectivity index (χ4v) is 4.39. The van der Waals surface area contributed by atoms with E-state index in [0.717, 1.165) is 49.8 Å². The van der Waals surface area contributed by atoms with Gasteiger partial charge in [-0.25, -0.2) is 0 Å². The van der Waals surface area contributed by atoms with Gasteiger partial charge in [0.15, 0.2) is 5.78 Å². The summed E-state index contributed by atoms with van der Waals surface area (Å²) >= 11 is 0. The molecule has 0 aromatic heterocycles. The lowest BCUT2D eigenvalue weighted by molar-refractivity contribution is -0.191. The van der Waals surface area contributed by atoms with Crippen molar-refractivity contribution in [3.05, 3.63) is 60.2 Å². The van der Waals surface area contributed by atoms with E-state index in [2.05, 4.69) is 12.1 Å². The SMILES string of the molecule is N=CC(=O)CCC12CCC(c3cccc(Oc4ccccc4)c3)(CC1)OC2. The van der Waals surface area contributed by atoms with E-state index in [0.29, 0.717) is 13.0 Å². The third kappa shape index (κ3) is 3.67. The predicted octanol–water partition coefficient (Wildman–Crippen LogP) is 5.26. The second kappa shape index (κ2) is 7.28. The van der Waals surface area contributed by atoms with E-state index in [1.807, 2.05) is 42.5 Å². The summed E-state index contributed by atoms with van der Waals surface area (Å²) in [7, 11) is 0. The van der Waals surface area contributed by atoms with Crippen LogP contribution >= 0.6 is 0 Å². The number of ketones is 1. The molecular weight excluding hydrogens is 338 g/mol. The average Bonchev–Trinajstić information content (AvgIpc) is 2.74. The fourth-order valence-electron chi connectivity index (χ4n) is 4.39. The zero-order valence-corrected chi connectivity index (χ0v) is 15.4. The highest BCUT2D eigenvalue weighted by Gasteiger charge is 2.50. The molecule has 0 spiro atoms. The topological polar surface area (TPSA) is 59.4 Å². The quantitative estimate of drug-likeness (QED) is 0.682. The van der Waals surface area contributed by atoms with Gasteiger partial charge >= 0.3 is 0 Å². The van der Waals surface area contributed by atoms with Crippen LogP contribution in [0.3, 0.4) is 0 Å². The zero-order valence-electron chi connectivity index (χ0n) is 15.4. The number of fused-ring (bicyclic) bond motifs is 3. The van der Waals surface area contributed by atoms with Crippen LogP contribution in [0.25, 0.3) is 0 Å². The van der Waals surface area contributed by atoms with E-state index in [9.17, 15) is 4.79 Å². The van der Waals surface area contributed by atoms with Crippen LogP contribution in [-0.4, -0.2) is 18.6 Å². The molecule has 2 saturated heterocycles. The van der Waals surface area contributed by atoms with Gasteiger partial charge in [0.2, 0.25) is 0 Å². The number of carbonyl (C=O) groups excluding carboxylic acids is 1. The van der Waals surface area contributed by atoms with Crippen molar-refractivity contribution >= 4 is 12.0 Å². The van der Waals surface area contributed by atoms with Gasteiger partial charge in [0.25, 0.3) is 0 Å². The lowest BCUT2D eigenvalue weighted by Crippen LogP contribution is -2.49. The summed E-state index contributed by atoms with van der Waals surface area (Å²) in [5, 5.41) is 7.08. The molecule has 3 aliphatic rings. The minimum absolute atomic E-state index is 0.0856. The zero-order chi connectivity index (χ0) is 18.7. The number of rotatable bonds is 7. The number of nitrogens with one attached hydrogen (secondary N) is 1. The number of Topliss-reactive ketones (excluding diaryl/α,β-unsaturated/α-hetero) is 1. The number of hydrogen-bond acceptors (Lipinski definition) is 4. The molecule has 0 atom stereocenters. The van der Waals surface area contributed by atoms with Gasteiger partial charge in [0.1, 0.15) is 11.5 Å². The Bertz CT molecular complexity index is 806. The average molecular weight is 363 g/mol. The first-order valence-corrected chi connectivity index (χ1v) is 9.64. The molecule has 1 saturated carbocycles. The Morgan fingerprint density at radius 1 is 1.04 bits per heavy atom. The number of ether oxygens (including phenoxy) is 2. The Kier molecular flexibility index (Phi) is 4.83. The van der Waals surface area contributed by atoms with Crippen LogP contribution in [0.5, 0.6) is 11.5 Å². The normalized spacial score (nSPS) is 26.5. The molecule has 1 N–H and O–H groups in total. The van der Waals surface area contributed by atoms with Gasteiger partial charge in [-0.2, -0.15) is 0 Å². The Labute approximate surface area is 160 Å². The summed E-state index contributed by atoms with van der Waals surface area (Å²) in [6.45, 7) is 0.696. The smallest absolute Gasteiger partial charge is 0.173 e. The highest BCUT2D eigenvalue weighted by molar-refractivity contribution is 6.26. The van der Waals surface area contributed by atoms with Crippen molar-refractivity contribution in [2.24, 2.45) is 5.41 Å². The highest BCUT2D eigenvalue weighted by Crippen LogP contribution is 2.55. The molecule has 4 heteroatoms. The molecule has 0 radical (unpaired) electrons. The maximum absolute atomic E-state index is 11.5. The van der Waals surface area contributed by atoms with E-state index < -0.39 is 0 Å². The van der Waals surface area contributed by atoms with Crippen molar-refractivity contribution in [1.82, 2.24) is 0 Å². The van der Waals surface area contributed by atoms with Crippen molar-refractivity contribution in [2.45, 2.75) is 44.1 Å². The van der Waals surface area contributed by atoms with Crippen LogP contribution in [0.4, 0.5) is 0 Å². The van der Waals surface area contributed by atoms with Crippen LogP contribution in [0.15, 0.2) is 54.6 Å². The van der Waals surface area contributed by atoms with E-state index in [-0.39, 0.29) is 16.8 Å². The minimum Gasteiger partial charge on any atom is -0.457 e. The highest BCUT2D eigenvalue weighted by atomic mass is 16.5. The molecule has 0 unspecified atom stereocenters. The van der Waals surface area contributed by atoms with Gasteiger partial charge < -0.3 is 14.9 Å². The van der Waals surface area contributed by atoms with Crippen LogP contribution in [-0.2, 0) is 15.1 Å². The summed E-state index contributed by atoms with van der Waals surface area (Å²) in [4.78, 5) is 11.5.